The van der Waals surface area contributed by atoms with Crippen LogP contribution >= 0.6 is 0 Å². The standard InChI is InChI=1S/C18H24NO3/c1-19(2)9-8-18-7-6-13(20)10-15(18)22-17-14(21-3)5-4-12(11-19)16(17)18/h4-7,13,15,20H,8-11H2,1-3H3/q+1/t13-,15-,18+/m1/s1. The molecule has 118 valence electrons. The maximum Gasteiger partial charge on any atom is 0.166 e. The normalized spacial score (nSPS) is 34.4. The van der Waals surface area contributed by atoms with Crippen LogP contribution in [0.15, 0.2) is 24.3 Å². The number of hydrogen-bond donors (Lipinski definition) is 1. The Balaban J connectivity index is 1.96. The van der Waals surface area contributed by atoms with Crippen LogP contribution in [0.2, 0.25) is 0 Å². The van der Waals surface area contributed by atoms with Gasteiger partial charge < -0.3 is 19.1 Å². The Morgan fingerprint density at radius 2 is 2.18 bits per heavy atom. The van der Waals surface area contributed by atoms with Gasteiger partial charge in [0.1, 0.15) is 12.6 Å². The zero-order valence-corrected chi connectivity index (χ0v) is 13.5. The minimum atomic E-state index is -0.412. The van der Waals surface area contributed by atoms with Crippen LogP contribution in [0.5, 0.6) is 11.5 Å². The molecule has 0 saturated carbocycles. The van der Waals surface area contributed by atoms with E-state index in [2.05, 4.69) is 26.2 Å². The van der Waals surface area contributed by atoms with Crippen LogP contribution in [0, 0.1) is 0 Å². The second kappa shape index (κ2) is 4.49. The van der Waals surface area contributed by atoms with E-state index in [-0.39, 0.29) is 11.5 Å². The van der Waals surface area contributed by atoms with Gasteiger partial charge in [0.15, 0.2) is 11.5 Å². The van der Waals surface area contributed by atoms with E-state index in [1.165, 1.54) is 11.1 Å². The quantitative estimate of drug-likeness (QED) is 0.637. The van der Waals surface area contributed by atoms with Gasteiger partial charge in [-0.25, -0.2) is 0 Å². The summed E-state index contributed by atoms with van der Waals surface area (Å²) in [6.45, 7) is 2.09. The van der Waals surface area contributed by atoms with Gasteiger partial charge in [0.2, 0.25) is 0 Å². The van der Waals surface area contributed by atoms with Crippen molar-refractivity contribution in [2.45, 2.75) is 37.0 Å². The van der Waals surface area contributed by atoms with Gasteiger partial charge in [-0.15, -0.1) is 0 Å². The van der Waals surface area contributed by atoms with Crippen LogP contribution in [-0.2, 0) is 12.0 Å². The van der Waals surface area contributed by atoms with E-state index >= 15 is 0 Å². The van der Waals surface area contributed by atoms with Crippen molar-refractivity contribution in [2.75, 3.05) is 27.7 Å². The number of aliphatic hydroxyl groups excluding tert-OH is 1. The fraction of sp³-hybridized carbons (Fsp3) is 0.556. The second-order valence-electron chi connectivity index (χ2n) is 7.51. The van der Waals surface area contributed by atoms with Crippen molar-refractivity contribution in [2.24, 2.45) is 0 Å². The summed E-state index contributed by atoms with van der Waals surface area (Å²) in [5, 5.41) is 10.0. The Morgan fingerprint density at radius 1 is 1.36 bits per heavy atom. The molecule has 4 heteroatoms. The summed E-state index contributed by atoms with van der Waals surface area (Å²) >= 11 is 0. The molecule has 1 spiro atoms. The van der Waals surface area contributed by atoms with E-state index < -0.39 is 6.10 Å². The van der Waals surface area contributed by atoms with Crippen molar-refractivity contribution in [1.82, 2.24) is 0 Å². The summed E-state index contributed by atoms with van der Waals surface area (Å²) in [7, 11) is 6.26. The third-order valence-electron chi connectivity index (χ3n) is 5.53. The minimum Gasteiger partial charge on any atom is -0.493 e. The van der Waals surface area contributed by atoms with Gasteiger partial charge in [-0.1, -0.05) is 12.2 Å². The molecule has 1 N–H and O–H groups in total. The lowest BCUT2D eigenvalue weighted by molar-refractivity contribution is -0.903. The van der Waals surface area contributed by atoms with Crippen LogP contribution in [0.25, 0.3) is 0 Å². The van der Waals surface area contributed by atoms with Crippen LogP contribution in [-0.4, -0.2) is 49.5 Å². The molecule has 0 unspecified atom stereocenters. The van der Waals surface area contributed by atoms with Crippen molar-refractivity contribution in [3.63, 3.8) is 0 Å². The predicted molar refractivity (Wildman–Crippen MR) is 84.1 cm³/mol. The summed E-state index contributed by atoms with van der Waals surface area (Å²) in [6.07, 6.45) is 5.44. The van der Waals surface area contributed by atoms with Gasteiger partial charge in [-0.2, -0.15) is 0 Å². The lowest BCUT2D eigenvalue weighted by Crippen LogP contribution is -2.45. The molecule has 4 rings (SSSR count). The lowest BCUT2D eigenvalue weighted by Gasteiger charge is -2.36. The highest BCUT2D eigenvalue weighted by molar-refractivity contribution is 5.60. The van der Waals surface area contributed by atoms with Gasteiger partial charge >= 0.3 is 0 Å². The first-order chi connectivity index (χ1) is 10.5. The fourth-order valence-electron chi connectivity index (χ4n) is 4.36. The number of methoxy groups -OCH3 is 1. The number of ether oxygens (including phenoxy) is 2. The first-order valence-corrected chi connectivity index (χ1v) is 8.02. The SMILES string of the molecule is COc1ccc2c3c1O[C@@H]1C[C@H](O)C=C[C@@]31CC[N+](C)(C)C2. The Morgan fingerprint density at radius 3 is 2.95 bits per heavy atom. The van der Waals surface area contributed by atoms with E-state index in [4.69, 9.17) is 9.47 Å². The average Bonchev–Trinajstić information content (AvgIpc) is 2.74. The Hall–Kier alpha value is -1.52. The molecule has 1 aromatic rings. The molecule has 0 saturated heterocycles. The largest absolute Gasteiger partial charge is 0.493 e. The summed E-state index contributed by atoms with van der Waals surface area (Å²) in [5.41, 5.74) is 2.54. The average molecular weight is 302 g/mol. The van der Waals surface area contributed by atoms with Gasteiger partial charge in [0.05, 0.1) is 39.3 Å². The third-order valence-corrected chi connectivity index (χ3v) is 5.53. The Labute approximate surface area is 131 Å². The van der Waals surface area contributed by atoms with E-state index in [1.54, 1.807) is 7.11 Å². The highest BCUT2D eigenvalue weighted by Crippen LogP contribution is 2.56. The molecule has 2 aliphatic heterocycles. The molecule has 1 aromatic carbocycles. The highest BCUT2D eigenvalue weighted by atomic mass is 16.5. The number of hydrogen-bond acceptors (Lipinski definition) is 3. The molecule has 22 heavy (non-hydrogen) atoms. The molecule has 4 nitrogen and oxygen atoms in total. The Kier molecular flexibility index (Phi) is 2.88. The molecule has 0 bridgehead atoms. The summed E-state index contributed by atoms with van der Waals surface area (Å²) in [4.78, 5) is 0. The topological polar surface area (TPSA) is 38.7 Å². The number of quaternary nitrogens is 1. The number of nitrogens with zero attached hydrogens (tertiary/aromatic N) is 1. The summed E-state index contributed by atoms with van der Waals surface area (Å²) in [6, 6.07) is 4.21. The molecule has 0 fully saturated rings. The highest BCUT2D eigenvalue weighted by Gasteiger charge is 2.54. The molecule has 1 aliphatic carbocycles. The first kappa shape index (κ1) is 14.1. The molecular formula is C18H24NO3+. The zero-order chi connectivity index (χ0) is 15.5. The summed E-state index contributed by atoms with van der Waals surface area (Å²) < 4.78 is 12.8. The lowest BCUT2D eigenvalue weighted by atomic mass is 9.69. The van der Waals surface area contributed by atoms with E-state index in [1.807, 2.05) is 12.1 Å². The minimum absolute atomic E-state index is 0.00986. The van der Waals surface area contributed by atoms with Gasteiger partial charge in [0.25, 0.3) is 0 Å². The van der Waals surface area contributed by atoms with E-state index in [0.29, 0.717) is 6.42 Å². The zero-order valence-electron chi connectivity index (χ0n) is 13.5. The van der Waals surface area contributed by atoms with Crippen LogP contribution in [0.3, 0.4) is 0 Å². The van der Waals surface area contributed by atoms with Crippen molar-refractivity contribution in [3.8, 4) is 11.5 Å². The van der Waals surface area contributed by atoms with Crippen LogP contribution in [0.4, 0.5) is 0 Å². The van der Waals surface area contributed by atoms with Crippen molar-refractivity contribution >= 4 is 0 Å². The second-order valence-corrected chi connectivity index (χ2v) is 7.51. The number of aliphatic hydroxyl groups is 1. The maximum atomic E-state index is 10.0. The van der Waals surface area contributed by atoms with Crippen molar-refractivity contribution in [3.05, 3.63) is 35.4 Å². The number of rotatable bonds is 1. The van der Waals surface area contributed by atoms with Crippen molar-refractivity contribution < 1.29 is 19.1 Å². The van der Waals surface area contributed by atoms with Gasteiger partial charge in [0, 0.05) is 24.0 Å². The molecule has 3 aliphatic rings. The van der Waals surface area contributed by atoms with E-state index in [0.717, 1.165) is 35.5 Å². The smallest absolute Gasteiger partial charge is 0.166 e. The third kappa shape index (κ3) is 1.83. The molecule has 0 radical (unpaired) electrons. The number of benzene rings is 1. The van der Waals surface area contributed by atoms with Gasteiger partial charge in [-0.3, -0.25) is 0 Å². The Bertz CT molecular complexity index is 652. The summed E-state index contributed by atoms with van der Waals surface area (Å²) in [5.74, 6) is 1.70. The molecule has 3 atom stereocenters. The van der Waals surface area contributed by atoms with Gasteiger partial charge in [-0.05, 0) is 12.1 Å². The molecular weight excluding hydrogens is 278 g/mol. The predicted octanol–water partition coefficient (Wildman–Crippen LogP) is 1.99. The van der Waals surface area contributed by atoms with Crippen molar-refractivity contribution in [1.29, 1.82) is 0 Å². The van der Waals surface area contributed by atoms with E-state index in [9.17, 15) is 5.11 Å². The fourth-order valence-corrected chi connectivity index (χ4v) is 4.36. The van der Waals surface area contributed by atoms with Crippen LogP contribution < -0.4 is 9.47 Å². The first-order valence-electron chi connectivity index (χ1n) is 8.02. The molecule has 2 heterocycles. The maximum absolute atomic E-state index is 10.0. The molecule has 0 amide bonds. The van der Waals surface area contributed by atoms with Crippen LogP contribution in [0.1, 0.15) is 24.0 Å². The monoisotopic (exact) mass is 302 g/mol. The molecule has 0 aromatic heterocycles.